The van der Waals surface area contributed by atoms with E-state index >= 15 is 0 Å². The maximum Gasteiger partial charge on any atom is 0.270 e. The van der Waals surface area contributed by atoms with Gasteiger partial charge in [-0.15, -0.1) is 0 Å². The molecule has 3 heterocycles. The van der Waals surface area contributed by atoms with Gasteiger partial charge in [0.1, 0.15) is 5.69 Å². The number of hydrogen-bond acceptors (Lipinski definition) is 4. The summed E-state index contributed by atoms with van der Waals surface area (Å²) in [6.45, 7) is 0.854. The van der Waals surface area contributed by atoms with Crippen LogP contribution in [0.5, 0.6) is 0 Å². The molecule has 4 rings (SSSR count). The summed E-state index contributed by atoms with van der Waals surface area (Å²) < 4.78 is 0.801. The van der Waals surface area contributed by atoms with Gasteiger partial charge in [0.15, 0.2) is 0 Å². The number of nitrogens with zero attached hydrogens (tertiary/aromatic N) is 2. The largest absolute Gasteiger partial charge is 0.347 e. The highest BCUT2D eigenvalue weighted by Gasteiger charge is 2.43. The van der Waals surface area contributed by atoms with Crippen molar-refractivity contribution in [2.45, 2.75) is 37.3 Å². The van der Waals surface area contributed by atoms with Crippen molar-refractivity contribution in [3.8, 4) is 0 Å². The molecule has 2 aromatic heterocycles. The summed E-state index contributed by atoms with van der Waals surface area (Å²) in [5.74, 6) is -0.103. The smallest absolute Gasteiger partial charge is 0.270 e. The van der Waals surface area contributed by atoms with Gasteiger partial charge in [0.2, 0.25) is 0 Å². The Bertz CT molecular complexity index is 744. The second kappa shape index (κ2) is 5.28. The minimum atomic E-state index is -0.103. The zero-order valence-corrected chi connectivity index (χ0v) is 13.7. The summed E-state index contributed by atoms with van der Waals surface area (Å²) in [6, 6.07) is 3.84. The Morgan fingerprint density at radius 2 is 2.23 bits per heavy atom. The number of carbonyl (C=O) groups excluding carboxylic acids is 1. The van der Waals surface area contributed by atoms with E-state index in [9.17, 15) is 4.79 Å². The molecule has 1 saturated carbocycles. The lowest BCUT2D eigenvalue weighted by molar-refractivity contribution is 0.0932. The van der Waals surface area contributed by atoms with Crippen LogP contribution in [0.2, 0.25) is 0 Å². The lowest BCUT2D eigenvalue weighted by Gasteiger charge is -2.38. The van der Waals surface area contributed by atoms with E-state index in [4.69, 9.17) is 0 Å². The van der Waals surface area contributed by atoms with Gasteiger partial charge in [0.25, 0.3) is 5.91 Å². The summed E-state index contributed by atoms with van der Waals surface area (Å²) >= 11 is 3.43. The van der Waals surface area contributed by atoms with Crippen LogP contribution in [-0.2, 0) is 0 Å². The standard InChI is InChI=1S/C16H17BrN4O/c17-12-9-18-7-10-2-3-13(21-14(10)12)15(22)20-11-6-16(19-8-11)4-1-5-16/h2-3,7,9,11,19H,1,4-6,8H2,(H,20,22). The Hall–Kier alpha value is -1.53. The van der Waals surface area contributed by atoms with Crippen LogP contribution < -0.4 is 10.6 Å². The van der Waals surface area contributed by atoms with Crippen molar-refractivity contribution in [3.05, 3.63) is 34.7 Å². The molecule has 1 saturated heterocycles. The van der Waals surface area contributed by atoms with Crippen LogP contribution in [0.15, 0.2) is 29.0 Å². The number of nitrogens with one attached hydrogen (secondary N) is 2. The number of carbonyl (C=O) groups is 1. The van der Waals surface area contributed by atoms with Crippen LogP contribution in [0, 0.1) is 0 Å². The van der Waals surface area contributed by atoms with Crippen molar-refractivity contribution in [2.75, 3.05) is 6.54 Å². The van der Waals surface area contributed by atoms with Gasteiger partial charge in [0, 0.05) is 35.9 Å². The first kappa shape index (κ1) is 14.1. The van der Waals surface area contributed by atoms with Crippen LogP contribution in [0.4, 0.5) is 0 Å². The molecule has 1 spiro atoms. The van der Waals surface area contributed by atoms with E-state index in [0.29, 0.717) is 11.2 Å². The van der Waals surface area contributed by atoms with Gasteiger partial charge < -0.3 is 10.6 Å². The van der Waals surface area contributed by atoms with E-state index in [1.54, 1.807) is 18.5 Å². The Balaban J connectivity index is 1.52. The summed E-state index contributed by atoms with van der Waals surface area (Å²) in [7, 11) is 0. The molecule has 1 aliphatic heterocycles. The molecule has 1 atom stereocenters. The fourth-order valence-electron chi connectivity index (χ4n) is 3.44. The van der Waals surface area contributed by atoms with Gasteiger partial charge in [-0.05, 0) is 53.7 Å². The van der Waals surface area contributed by atoms with Crippen molar-refractivity contribution in [2.24, 2.45) is 0 Å². The van der Waals surface area contributed by atoms with Gasteiger partial charge in [0.05, 0.1) is 9.99 Å². The second-order valence-electron chi connectivity index (χ2n) is 6.28. The van der Waals surface area contributed by atoms with Crippen molar-refractivity contribution in [1.29, 1.82) is 0 Å². The minimum absolute atomic E-state index is 0.103. The van der Waals surface area contributed by atoms with Gasteiger partial charge >= 0.3 is 0 Å². The molecule has 22 heavy (non-hydrogen) atoms. The average Bonchev–Trinajstić information content (AvgIpc) is 2.92. The number of amides is 1. The van der Waals surface area contributed by atoms with Crippen LogP contribution in [-0.4, -0.2) is 34.0 Å². The van der Waals surface area contributed by atoms with Crippen LogP contribution in [0.25, 0.3) is 10.9 Å². The van der Waals surface area contributed by atoms with Crippen molar-refractivity contribution < 1.29 is 4.79 Å². The summed E-state index contributed by atoms with van der Waals surface area (Å²) in [5.41, 5.74) is 1.51. The highest BCUT2D eigenvalue weighted by atomic mass is 79.9. The maximum atomic E-state index is 12.4. The fourth-order valence-corrected chi connectivity index (χ4v) is 3.87. The summed E-state index contributed by atoms with van der Waals surface area (Å²) in [6.07, 6.45) is 8.22. The summed E-state index contributed by atoms with van der Waals surface area (Å²) in [5, 5.41) is 7.59. The maximum absolute atomic E-state index is 12.4. The third kappa shape index (κ3) is 2.40. The third-order valence-corrected chi connectivity index (χ3v) is 5.37. The number of hydrogen-bond donors (Lipinski definition) is 2. The average molecular weight is 361 g/mol. The molecular formula is C16H17BrN4O. The van der Waals surface area contributed by atoms with Gasteiger partial charge in [-0.2, -0.15) is 0 Å². The van der Waals surface area contributed by atoms with E-state index in [2.05, 4.69) is 36.5 Å². The molecular weight excluding hydrogens is 344 g/mol. The van der Waals surface area contributed by atoms with Gasteiger partial charge in [-0.3, -0.25) is 9.78 Å². The first-order valence-electron chi connectivity index (χ1n) is 7.61. The number of aromatic nitrogens is 2. The van der Waals surface area contributed by atoms with Gasteiger partial charge in [-0.25, -0.2) is 4.98 Å². The van der Waals surface area contributed by atoms with Crippen LogP contribution >= 0.6 is 15.9 Å². The molecule has 0 aromatic carbocycles. The summed E-state index contributed by atoms with van der Waals surface area (Å²) in [4.78, 5) is 21.0. The Morgan fingerprint density at radius 1 is 1.36 bits per heavy atom. The van der Waals surface area contributed by atoms with Crippen molar-refractivity contribution in [1.82, 2.24) is 20.6 Å². The number of rotatable bonds is 2. The highest BCUT2D eigenvalue weighted by molar-refractivity contribution is 9.10. The number of halogens is 1. The predicted molar refractivity (Wildman–Crippen MR) is 87.7 cm³/mol. The molecule has 0 bridgehead atoms. The molecule has 114 valence electrons. The van der Waals surface area contributed by atoms with Crippen LogP contribution in [0.3, 0.4) is 0 Å². The number of pyridine rings is 2. The lowest BCUT2D eigenvalue weighted by atomic mass is 9.75. The topological polar surface area (TPSA) is 66.9 Å². The zero-order chi connectivity index (χ0) is 15.2. The normalized spacial score (nSPS) is 22.7. The van der Waals surface area contributed by atoms with Crippen LogP contribution in [0.1, 0.15) is 36.2 Å². The Kier molecular flexibility index (Phi) is 3.38. The molecule has 2 fully saturated rings. The Labute approximate surface area is 137 Å². The van der Waals surface area contributed by atoms with E-state index < -0.39 is 0 Å². The highest BCUT2D eigenvalue weighted by Crippen LogP contribution is 2.38. The molecule has 6 heteroatoms. The van der Waals surface area contributed by atoms with Crippen molar-refractivity contribution in [3.63, 3.8) is 0 Å². The minimum Gasteiger partial charge on any atom is -0.347 e. The van der Waals surface area contributed by atoms with Gasteiger partial charge in [-0.1, -0.05) is 0 Å². The predicted octanol–water partition coefficient (Wildman–Crippen LogP) is 2.41. The molecule has 2 aromatic rings. The monoisotopic (exact) mass is 360 g/mol. The first-order chi connectivity index (χ1) is 10.7. The first-order valence-corrected chi connectivity index (χ1v) is 8.41. The Morgan fingerprint density at radius 3 is 2.95 bits per heavy atom. The molecule has 2 N–H and O–H groups in total. The second-order valence-corrected chi connectivity index (χ2v) is 7.13. The molecule has 2 aliphatic rings. The molecule has 1 aliphatic carbocycles. The van der Waals surface area contributed by atoms with Crippen molar-refractivity contribution >= 4 is 32.7 Å². The molecule has 1 unspecified atom stereocenters. The zero-order valence-electron chi connectivity index (χ0n) is 12.1. The molecule has 0 radical (unpaired) electrons. The molecule has 1 amide bonds. The van der Waals surface area contributed by atoms with E-state index in [1.807, 2.05) is 6.07 Å². The van der Waals surface area contributed by atoms with E-state index in [-0.39, 0.29) is 11.9 Å². The third-order valence-electron chi connectivity index (χ3n) is 4.79. The number of fused-ring (bicyclic) bond motifs is 1. The fraction of sp³-hybridized carbons (Fsp3) is 0.438. The quantitative estimate of drug-likeness (QED) is 0.862. The molecule has 5 nitrogen and oxygen atoms in total. The SMILES string of the molecule is O=C(NC1CNC2(CCC2)C1)c1ccc2cncc(Br)c2n1. The van der Waals surface area contributed by atoms with E-state index in [0.717, 1.165) is 28.3 Å². The van der Waals surface area contributed by atoms with E-state index in [1.165, 1.54) is 19.3 Å². The lowest BCUT2D eigenvalue weighted by Crippen LogP contribution is -2.45.